The third-order valence-corrected chi connectivity index (χ3v) is 5.12. The Balaban J connectivity index is 1.56. The van der Waals surface area contributed by atoms with Gasteiger partial charge in [-0.1, -0.05) is 0 Å². The van der Waals surface area contributed by atoms with E-state index >= 15 is 0 Å². The minimum atomic E-state index is -0.736. The summed E-state index contributed by atoms with van der Waals surface area (Å²) in [4.78, 5) is 27.1. The van der Waals surface area contributed by atoms with Gasteiger partial charge in [-0.2, -0.15) is 11.8 Å². The third-order valence-electron chi connectivity index (χ3n) is 4.18. The van der Waals surface area contributed by atoms with Gasteiger partial charge >= 0.3 is 5.97 Å². The molecule has 21 heavy (non-hydrogen) atoms. The topological polar surface area (TPSA) is 72.9 Å². The minimum absolute atomic E-state index is 0.0908. The predicted molar refractivity (Wildman–Crippen MR) is 83.6 cm³/mol. The van der Waals surface area contributed by atoms with Crippen molar-refractivity contribution in [3.8, 4) is 0 Å². The van der Waals surface area contributed by atoms with Crippen LogP contribution in [0.4, 0.5) is 0 Å². The van der Waals surface area contributed by atoms with E-state index in [0.717, 1.165) is 26.2 Å². The lowest BCUT2D eigenvalue weighted by molar-refractivity contribution is -0.145. The number of hydrogen-bond acceptors (Lipinski definition) is 5. The maximum atomic E-state index is 12.0. The Bertz CT molecular complexity index is 353. The molecular formula is C14H25N3O3S. The quantitative estimate of drug-likeness (QED) is 0.670. The van der Waals surface area contributed by atoms with Gasteiger partial charge in [0.25, 0.3) is 0 Å². The van der Waals surface area contributed by atoms with Crippen molar-refractivity contribution < 1.29 is 14.7 Å². The number of thioether (sulfide) groups is 1. The third kappa shape index (κ3) is 5.48. The first-order valence-corrected chi connectivity index (χ1v) is 8.83. The van der Waals surface area contributed by atoms with Crippen molar-refractivity contribution in [2.45, 2.75) is 12.8 Å². The average Bonchev–Trinajstić information content (AvgIpc) is 2.52. The van der Waals surface area contributed by atoms with Crippen molar-refractivity contribution in [3.05, 3.63) is 0 Å². The number of carboxylic acid groups (broad SMARTS) is 1. The summed E-state index contributed by atoms with van der Waals surface area (Å²) in [7, 11) is 0. The lowest BCUT2D eigenvalue weighted by atomic mass is 9.97. The second-order valence-electron chi connectivity index (χ2n) is 5.62. The second-order valence-corrected chi connectivity index (χ2v) is 6.85. The van der Waals surface area contributed by atoms with Crippen LogP contribution in [-0.4, -0.2) is 84.1 Å². The number of aliphatic carboxylic acids is 1. The van der Waals surface area contributed by atoms with Crippen LogP contribution in [0.25, 0.3) is 0 Å². The fourth-order valence-electron chi connectivity index (χ4n) is 2.74. The molecule has 2 N–H and O–H groups in total. The Morgan fingerprint density at radius 3 is 2.43 bits per heavy atom. The molecule has 6 nitrogen and oxygen atoms in total. The van der Waals surface area contributed by atoms with Crippen molar-refractivity contribution >= 4 is 23.6 Å². The summed E-state index contributed by atoms with van der Waals surface area (Å²) in [6.45, 7) is 5.62. The Morgan fingerprint density at radius 2 is 1.81 bits per heavy atom. The van der Waals surface area contributed by atoms with Gasteiger partial charge in [0.2, 0.25) is 5.91 Å². The molecule has 2 rings (SSSR count). The monoisotopic (exact) mass is 315 g/mol. The number of carbonyl (C=O) groups is 2. The van der Waals surface area contributed by atoms with Gasteiger partial charge in [-0.25, -0.2) is 0 Å². The van der Waals surface area contributed by atoms with Gasteiger partial charge in [0, 0.05) is 50.8 Å². The molecule has 0 unspecified atom stereocenters. The summed E-state index contributed by atoms with van der Waals surface area (Å²) < 4.78 is 0. The van der Waals surface area contributed by atoms with E-state index in [9.17, 15) is 9.59 Å². The van der Waals surface area contributed by atoms with Gasteiger partial charge in [-0.3, -0.25) is 9.59 Å². The molecule has 0 aliphatic carbocycles. The molecule has 0 bridgehead atoms. The molecule has 0 aromatic heterocycles. The Morgan fingerprint density at radius 1 is 1.14 bits per heavy atom. The zero-order valence-electron chi connectivity index (χ0n) is 12.4. The van der Waals surface area contributed by atoms with Gasteiger partial charge in [0.1, 0.15) is 0 Å². The smallest absolute Gasteiger partial charge is 0.306 e. The van der Waals surface area contributed by atoms with E-state index in [2.05, 4.69) is 10.2 Å². The average molecular weight is 315 g/mol. The zero-order chi connectivity index (χ0) is 15.1. The van der Waals surface area contributed by atoms with E-state index in [1.807, 2.05) is 11.8 Å². The second kappa shape index (κ2) is 8.60. The number of rotatable bonds is 6. The summed E-state index contributed by atoms with van der Waals surface area (Å²) in [6, 6.07) is 0. The van der Waals surface area contributed by atoms with Crippen LogP contribution in [0.5, 0.6) is 0 Å². The first-order valence-electron chi connectivity index (χ1n) is 7.68. The molecule has 7 heteroatoms. The van der Waals surface area contributed by atoms with Crippen LogP contribution < -0.4 is 5.32 Å². The molecule has 0 spiro atoms. The largest absolute Gasteiger partial charge is 0.481 e. The highest BCUT2D eigenvalue weighted by Gasteiger charge is 2.26. The number of carboxylic acids is 1. The summed E-state index contributed by atoms with van der Waals surface area (Å²) in [6.07, 6.45) is 1.15. The SMILES string of the molecule is O=C(O)C1CCN(C(=O)CNCCN2CCSCC2)CC1. The molecule has 120 valence electrons. The molecule has 2 fully saturated rings. The molecule has 0 radical (unpaired) electrons. The highest BCUT2D eigenvalue weighted by atomic mass is 32.2. The van der Waals surface area contributed by atoms with Crippen molar-refractivity contribution in [2.75, 3.05) is 57.3 Å². The van der Waals surface area contributed by atoms with E-state index in [1.54, 1.807) is 4.90 Å². The number of hydrogen-bond donors (Lipinski definition) is 2. The van der Waals surface area contributed by atoms with Crippen LogP contribution in [0, 0.1) is 5.92 Å². The van der Waals surface area contributed by atoms with Crippen LogP contribution in [0.1, 0.15) is 12.8 Å². The molecule has 2 heterocycles. The number of amides is 1. The first kappa shape index (κ1) is 16.6. The van der Waals surface area contributed by atoms with Crippen LogP contribution in [0.2, 0.25) is 0 Å². The molecule has 0 aromatic rings. The zero-order valence-corrected chi connectivity index (χ0v) is 13.2. The molecule has 2 aliphatic rings. The summed E-state index contributed by atoms with van der Waals surface area (Å²) in [5.74, 6) is 1.49. The molecule has 2 saturated heterocycles. The number of likely N-dealkylation sites (tertiary alicyclic amines) is 1. The van der Waals surface area contributed by atoms with Gasteiger partial charge < -0.3 is 20.2 Å². The molecule has 0 saturated carbocycles. The summed E-state index contributed by atoms with van der Waals surface area (Å²) in [5.41, 5.74) is 0. The molecule has 0 atom stereocenters. The fraction of sp³-hybridized carbons (Fsp3) is 0.857. The van der Waals surface area contributed by atoms with Gasteiger partial charge in [-0.15, -0.1) is 0 Å². The van der Waals surface area contributed by atoms with E-state index in [-0.39, 0.29) is 11.8 Å². The first-order chi connectivity index (χ1) is 10.2. The summed E-state index contributed by atoms with van der Waals surface area (Å²) in [5, 5.41) is 12.1. The van der Waals surface area contributed by atoms with Crippen LogP contribution in [0.3, 0.4) is 0 Å². The lowest BCUT2D eigenvalue weighted by Crippen LogP contribution is -2.45. The molecule has 1 amide bonds. The van der Waals surface area contributed by atoms with E-state index in [4.69, 9.17) is 5.11 Å². The number of piperidine rings is 1. The predicted octanol–water partition coefficient (Wildman–Crippen LogP) is -0.0520. The maximum absolute atomic E-state index is 12.0. The van der Waals surface area contributed by atoms with Gasteiger partial charge in [-0.05, 0) is 12.8 Å². The highest BCUT2D eigenvalue weighted by Crippen LogP contribution is 2.17. The standard InChI is InChI=1S/C14H25N3O3S/c18-13(17-4-1-12(2-5-17)14(19)20)11-15-3-6-16-7-9-21-10-8-16/h12,15H,1-11H2,(H,19,20). The fourth-order valence-corrected chi connectivity index (χ4v) is 3.72. The van der Waals surface area contributed by atoms with Crippen LogP contribution in [0.15, 0.2) is 0 Å². The molecule has 2 aliphatic heterocycles. The van der Waals surface area contributed by atoms with Crippen molar-refractivity contribution in [3.63, 3.8) is 0 Å². The Hall–Kier alpha value is -0.790. The maximum Gasteiger partial charge on any atom is 0.306 e. The highest BCUT2D eigenvalue weighted by molar-refractivity contribution is 7.99. The number of carbonyl (C=O) groups excluding carboxylic acids is 1. The number of nitrogens with zero attached hydrogens (tertiary/aromatic N) is 2. The molecular weight excluding hydrogens is 290 g/mol. The Kier molecular flexibility index (Phi) is 6.79. The van der Waals surface area contributed by atoms with Crippen molar-refractivity contribution in [1.82, 2.24) is 15.1 Å². The van der Waals surface area contributed by atoms with Crippen molar-refractivity contribution in [2.24, 2.45) is 5.92 Å². The van der Waals surface area contributed by atoms with Crippen LogP contribution >= 0.6 is 11.8 Å². The lowest BCUT2D eigenvalue weighted by Gasteiger charge is -2.30. The normalized spacial score (nSPS) is 21.4. The van der Waals surface area contributed by atoms with Crippen molar-refractivity contribution in [1.29, 1.82) is 0 Å². The van der Waals surface area contributed by atoms with Crippen LogP contribution in [-0.2, 0) is 9.59 Å². The van der Waals surface area contributed by atoms with E-state index in [0.29, 0.717) is 32.5 Å². The molecule has 0 aromatic carbocycles. The van der Waals surface area contributed by atoms with E-state index < -0.39 is 5.97 Å². The van der Waals surface area contributed by atoms with E-state index in [1.165, 1.54) is 11.5 Å². The number of nitrogens with one attached hydrogen (secondary N) is 1. The Labute approximate surface area is 130 Å². The summed E-state index contributed by atoms with van der Waals surface area (Å²) >= 11 is 2.00. The van der Waals surface area contributed by atoms with Gasteiger partial charge in [0.15, 0.2) is 0 Å². The minimum Gasteiger partial charge on any atom is -0.481 e. The van der Waals surface area contributed by atoms with Gasteiger partial charge in [0.05, 0.1) is 12.5 Å².